The molecule has 3 nitrogen and oxygen atoms in total. The maximum Gasteiger partial charge on any atom is 0.143 e. The number of furan rings is 2. The van der Waals surface area contributed by atoms with E-state index in [1.165, 1.54) is 16.3 Å². The van der Waals surface area contributed by atoms with Crippen molar-refractivity contribution in [3.05, 3.63) is 224 Å². The van der Waals surface area contributed by atoms with E-state index in [1.807, 2.05) is 24.3 Å². The number of fused-ring (bicyclic) bond motifs is 7. The van der Waals surface area contributed by atoms with Crippen molar-refractivity contribution in [2.24, 2.45) is 0 Å². The average Bonchev–Trinajstić information content (AvgIpc) is 3.91. The lowest BCUT2D eigenvalue weighted by Crippen LogP contribution is -2.09. The second-order valence-electron chi connectivity index (χ2n) is 15.6. The highest BCUT2D eigenvalue weighted by molar-refractivity contribution is 6.12. The topological polar surface area (TPSA) is 29.5 Å². The molecule has 12 rings (SSSR count). The van der Waals surface area contributed by atoms with Gasteiger partial charge in [-0.15, -0.1) is 0 Å². The summed E-state index contributed by atoms with van der Waals surface area (Å²) in [5.41, 5.74) is 15.8. The Bertz CT molecular complexity index is 3410. The Hall–Kier alpha value is -8.14. The number of hydrogen-bond acceptors (Lipinski definition) is 3. The number of hydrogen-bond donors (Lipinski definition) is 0. The van der Waals surface area contributed by atoms with Crippen LogP contribution in [0.2, 0.25) is 0 Å². The Morgan fingerprint density at radius 2 is 0.623 bits per heavy atom. The monoisotopic (exact) mass is 779 g/mol. The first-order valence-corrected chi connectivity index (χ1v) is 20.7. The first kappa shape index (κ1) is 34.9. The predicted octanol–water partition coefficient (Wildman–Crippen LogP) is 16.8. The molecule has 12 aromatic rings. The van der Waals surface area contributed by atoms with Crippen LogP contribution in [0.1, 0.15) is 0 Å². The minimum absolute atomic E-state index is 0.885. The Labute approximate surface area is 353 Å². The van der Waals surface area contributed by atoms with Gasteiger partial charge in [-0.2, -0.15) is 0 Å². The van der Waals surface area contributed by atoms with Crippen molar-refractivity contribution in [3.63, 3.8) is 0 Å². The van der Waals surface area contributed by atoms with Gasteiger partial charge in [-0.3, -0.25) is 0 Å². The summed E-state index contributed by atoms with van der Waals surface area (Å²) < 4.78 is 13.3. The molecule has 2 heterocycles. The summed E-state index contributed by atoms with van der Waals surface area (Å²) in [5, 5.41) is 6.83. The summed E-state index contributed by atoms with van der Waals surface area (Å²) in [5.74, 6) is 0. The maximum absolute atomic E-state index is 6.63. The minimum atomic E-state index is 0.885. The van der Waals surface area contributed by atoms with Crippen LogP contribution in [0.3, 0.4) is 0 Å². The van der Waals surface area contributed by atoms with E-state index in [9.17, 15) is 0 Å². The van der Waals surface area contributed by atoms with Gasteiger partial charge in [0.1, 0.15) is 22.3 Å². The molecule has 0 N–H and O–H groups in total. The Morgan fingerprint density at radius 3 is 1.11 bits per heavy atom. The van der Waals surface area contributed by atoms with Crippen molar-refractivity contribution in [2.45, 2.75) is 0 Å². The average molecular weight is 780 g/mol. The van der Waals surface area contributed by atoms with E-state index in [2.05, 4.69) is 205 Å². The molecule has 0 fully saturated rings. The molecule has 0 saturated heterocycles. The minimum Gasteiger partial charge on any atom is -0.455 e. The van der Waals surface area contributed by atoms with Crippen LogP contribution in [0, 0.1) is 0 Å². The standard InChI is InChI=1S/C58H37NO2/c1-3-15-42(16-4-1)59(43-17-5-2-6-18-43)44-31-29-38(30-32-44)45-33-34-46(50-20-8-7-19-49(45)50)39-35-40(47-23-13-25-53-51-21-9-11-27-55(51)60-57(47)53)37-41(36-39)48-24-14-26-54-52-22-10-12-28-56(52)61-58(48)54/h1-37H. The van der Waals surface area contributed by atoms with Crippen LogP contribution < -0.4 is 4.90 Å². The number of anilines is 3. The second kappa shape index (κ2) is 14.3. The van der Waals surface area contributed by atoms with E-state index in [0.29, 0.717) is 0 Å². The molecule has 286 valence electrons. The van der Waals surface area contributed by atoms with Crippen molar-refractivity contribution in [2.75, 3.05) is 4.90 Å². The molecular formula is C58H37NO2. The SMILES string of the molecule is c1ccc(N(c2ccccc2)c2ccc(-c3ccc(-c4cc(-c5cccc6c5oc5ccccc56)cc(-c5cccc6c5oc5ccccc56)c4)c4ccccc34)cc2)cc1. The summed E-state index contributed by atoms with van der Waals surface area (Å²) in [7, 11) is 0. The highest BCUT2D eigenvalue weighted by Gasteiger charge is 2.19. The molecule has 2 aromatic heterocycles. The van der Waals surface area contributed by atoms with Crippen molar-refractivity contribution in [1.29, 1.82) is 0 Å². The fourth-order valence-electron chi connectivity index (χ4n) is 9.24. The van der Waals surface area contributed by atoms with Crippen molar-refractivity contribution in [3.8, 4) is 44.5 Å². The highest BCUT2D eigenvalue weighted by atomic mass is 16.3. The molecule has 0 spiro atoms. The molecule has 0 saturated carbocycles. The van der Waals surface area contributed by atoms with E-state index >= 15 is 0 Å². The molecule has 0 aliphatic heterocycles. The zero-order chi connectivity index (χ0) is 40.3. The smallest absolute Gasteiger partial charge is 0.143 e. The van der Waals surface area contributed by atoms with E-state index in [-0.39, 0.29) is 0 Å². The largest absolute Gasteiger partial charge is 0.455 e. The summed E-state index contributed by atoms with van der Waals surface area (Å²) in [6.45, 7) is 0. The number of nitrogens with zero attached hydrogens (tertiary/aromatic N) is 1. The molecule has 0 aliphatic rings. The Morgan fingerprint density at radius 1 is 0.246 bits per heavy atom. The summed E-state index contributed by atoms with van der Waals surface area (Å²) in [6, 6.07) is 79.9. The highest BCUT2D eigenvalue weighted by Crippen LogP contribution is 2.44. The molecule has 0 amide bonds. The zero-order valence-corrected chi connectivity index (χ0v) is 33.1. The first-order chi connectivity index (χ1) is 30.2. The third-order valence-electron chi connectivity index (χ3n) is 12.1. The molecule has 10 aromatic carbocycles. The summed E-state index contributed by atoms with van der Waals surface area (Å²) in [4.78, 5) is 2.30. The molecule has 61 heavy (non-hydrogen) atoms. The van der Waals surface area contributed by atoms with Gasteiger partial charge in [0.25, 0.3) is 0 Å². The van der Waals surface area contributed by atoms with Crippen molar-refractivity contribution < 1.29 is 8.83 Å². The Kier molecular flexibility index (Phi) is 8.17. The predicted molar refractivity (Wildman–Crippen MR) is 255 cm³/mol. The van der Waals surface area contributed by atoms with Crippen LogP contribution in [0.25, 0.3) is 99.2 Å². The fourth-order valence-corrected chi connectivity index (χ4v) is 9.24. The molecule has 0 atom stereocenters. The molecule has 0 unspecified atom stereocenters. The molecule has 0 aliphatic carbocycles. The van der Waals surface area contributed by atoms with Gasteiger partial charge >= 0.3 is 0 Å². The fraction of sp³-hybridized carbons (Fsp3) is 0. The van der Waals surface area contributed by atoms with E-state index in [0.717, 1.165) is 99.9 Å². The van der Waals surface area contributed by atoms with Gasteiger partial charge in [-0.05, 0) is 111 Å². The molecule has 0 radical (unpaired) electrons. The van der Waals surface area contributed by atoms with E-state index < -0.39 is 0 Å². The lowest BCUT2D eigenvalue weighted by molar-refractivity contribution is 0.670. The van der Waals surface area contributed by atoms with Crippen LogP contribution in [0.5, 0.6) is 0 Å². The van der Waals surface area contributed by atoms with Gasteiger partial charge in [0, 0.05) is 49.7 Å². The van der Waals surface area contributed by atoms with Gasteiger partial charge in [0.2, 0.25) is 0 Å². The number of para-hydroxylation sites is 6. The van der Waals surface area contributed by atoms with Gasteiger partial charge in [0.05, 0.1) is 0 Å². The van der Waals surface area contributed by atoms with Gasteiger partial charge < -0.3 is 13.7 Å². The van der Waals surface area contributed by atoms with Gasteiger partial charge in [-0.1, -0.05) is 158 Å². The van der Waals surface area contributed by atoms with Gasteiger partial charge in [0.15, 0.2) is 0 Å². The van der Waals surface area contributed by atoms with Crippen LogP contribution in [0.4, 0.5) is 17.1 Å². The quantitative estimate of drug-likeness (QED) is 0.161. The molecular weight excluding hydrogens is 743 g/mol. The van der Waals surface area contributed by atoms with Crippen LogP contribution in [0.15, 0.2) is 233 Å². The first-order valence-electron chi connectivity index (χ1n) is 20.7. The Balaban J connectivity index is 1.03. The van der Waals surface area contributed by atoms with Crippen molar-refractivity contribution in [1.82, 2.24) is 0 Å². The maximum atomic E-state index is 6.63. The lowest BCUT2D eigenvalue weighted by atomic mass is 9.88. The van der Waals surface area contributed by atoms with E-state index in [1.54, 1.807) is 0 Å². The van der Waals surface area contributed by atoms with E-state index in [4.69, 9.17) is 8.83 Å². The lowest BCUT2D eigenvalue weighted by Gasteiger charge is -2.25. The van der Waals surface area contributed by atoms with Crippen LogP contribution >= 0.6 is 0 Å². The second-order valence-corrected chi connectivity index (χ2v) is 15.6. The van der Waals surface area contributed by atoms with Crippen LogP contribution in [-0.2, 0) is 0 Å². The summed E-state index contributed by atoms with van der Waals surface area (Å²) in [6.07, 6.45) is 0. The number of benzene rings is 10. The normalized spacial score (nSPS) is 11.6. The van der Waals surface area contributed by atoms with Gasteiger partial charge in [-0.25, -0.2) is 0 Å². The third kappa shape index (κ3) is 5.90. The zero-order valence-electron chi connectivity index (χ0n) is 33.1. The summed E-state index contributed by atoms with van der Waals surface area (Å²) >= 11 is 0. The third-order valence-corrected chi connectivity index (χ3v) is 12.1. The van der Waals surface area contributed by atoms with Crippen LogP contribution in [-0.4, -0.2) is 0 Å². The molecule has 3 heteroatoms. The number of rotatable bonds is 7. The van der Waals surface area contributed by atoms with Crippen molar-refractivity contribution >= 4 is 71.7 Å². The molecule has 0 bridgehead atoms.